The zero-order valence-corrected chi connectivity index (χ0v) is 12.2. The van der Waals surface area contributed by atoms with E-state index < -0.39 is 0 Å². The average Bonchev–Trinajstić information content (AvgIpc) is 2.42. The van der Waals surface area contributed by atoms with Gasteiger partial charge in [0.2, 0.25) is 0 Å². The third-order valence-corrected chi connectivity index (χ3v) is 5.17. The van der Waals surface area contributed by atoms with Gasteiger partial charge in [-0.05, 0) is 51.4 Å². The topological polar surface area (TPSA) is 12.0 Å². The van der Waals surface area contributed by atoms with Crippen LogP contribution in [0, 0.1) is 0 Å². The summed E-state index contributed by atoms with van der Waals surface area (Å²) in [6.07, 6.45) is 0. The monoisotopic (exact) mass is 337 g/mol. The van der Waals surface area contributed by atoms with E-state index >= 15 is 0 Å². The van der Waals surface area contributed by atoms with Crippen molar-refractivity contribution in [2.45, 2.75) is 19.9 Å². The van der Waals surface area contributed by atoms with Crippen LogP contribution in [0.15, 0.2) is 26.5 Å². The van der Waals surface area contributed by atoms with Crippen LogP contribution in [0.5, 0.6) is 0 Å². The highest BCUT2D eigenvalue weighted by molar-refractivity contribution is 9.13. The minimum atomic E-state index is 0.271. The van der Waals surface area contributed by atoms with Crippen molar-refractivity contribution in [2.75, 3.05) is 6.54 Å². The summed E-state index contributed by atoms with van der Waals surface area (Å²) in [6.45, 7) is 9.11. The molecular weight excluding hydrogens is 326 g/mol. The van der Waals surface area contributed by atoms with Gasteiger partial charge >= 0.3 is 0 Å². The Kier molecular flexibility index (Phi) is 4.83. The maximum atomic E-state index is 4.00. The van der Waals surface area contributed by atoms with Gasteiger partial charge in [0.25, 0.3) is 0 Å². The van der Waals surface area contributed by atoms with Crippen LogP contribution in [0.1, 0.15) is 24.8 Å². The molecule has 0 radical (unpaired) electrons. The highest BCUT2D eigenvalue weighted by Crippen LogP contribution is 2.37. The Balaban J connectivity index is 2.93. The van der Waals surface area contributed by atoms with Crippen molar-refractivity contribution in [3.63, 3.8) is 0 Å². The second kappa shape index (κ2) is 5.45. The highest BCUT2D eigenvalue weighted by Gasteiger charge is 2.15. The Bertz CT molecular complexity index is 313. The van der Waals surface area contributed by atoms with Gasteiger partial charge < -0.3 is 5.32 Å². The first kappa shape index (κ1) is 12.4. The van der Waals surface area contributed by atoms with Gasteiger partial charge in [0.1, 0.15) is 0 Å². The summed E-state index contributed by atoms with van der Waals surface area (Å²) >= 11 is 8.73. The highest BCUT2D eigenvalue weighted by atomic mass is 79.9. The molecule has 0 amide bonds. The van der Waals surface area contributed by atoms with Crippen LogP contribution in [-0.4, -0.2) is 6.54 Å². The predicted molar refractivity (Wildman–Crippen MR) is 71.0 cm³/mol. The molecule has 0 saturated carbocycles. The maximum absolute atomic E-state index is 4.00. The molecule has 4 heteroatoms. The van der Waals surface area contributed by atoms with Crippen molar-refractivity contribution in [2.24, 2.45) is 0 Å². The van der Waals surface area contributed by atoms with Gasteiger partial charge in [0.15, 0.2) is 0 Å². The Labute approximate surface area is 106 Å². The molecule has 1 rings (SSSR count). The van der Waals surface area contributed by atoms with E-state index in [1.54, 1.807) is 11.3 Å². The van der Waals surface area contributed by atoms with Crippen molar-refractivity contribution in [1.82, 2.24) is 5.32 Å². The van der Waals surface area contributed by atoms with E-state index in [2.05, 4.69) is 63.7 Å². The standard InChI is InChI=1S/C10H13Br2NS/c1-4-13-9(6(2)3)8-5-7(11)10(12)14-8/h5,9,13H,2,4H2,1,3H3. The van der Waals surface area contributed by atoms with Gasteiger partial charge in [0, 0.05) is 9.35 Å². The van der Waals surface area contributed by atoms with Gasteiger partial charge in [-0.25, -0.2) is 0 Å². The van der Waals surface area contributed by atoms with Crippen LogP contribution < -0.4 is 5.32 Å². The Morgan fingerprint density at radius 1 is 1.64 bits per heavy atom. The molecule has 0 saturated heterocycles. The molecule has 78 valence electrons. The Morgan fingerprint density at radius 2 is 2.29 bits per heavy atom. The lowest BCUT2D eigenvalue weighted by Gasteiger charge is -2.15. The predicted octanol–water partition coefficient (Wildman–Crippen LogP) is 4.50. The molecule has 1 N–H and O–H groups in total. The summed E-state index contributed by atoms with van der Waals surface area (Å²) in [6, 6.07) is 2.41. The van der Waals surface area contributed by atoms with Crippen LogP contribution >= 0.6 is 43.2 Å². The van der Waals surface area contributed by atoms with E-state index in [9.17, 15) is 0 Å². The smallest absolute Gasteiger partial charge is 0.0843 e. The van der Waals surface area contributed by atoms with E-state index in [4.69, 9.17) is 0 Å². The molecule has 1 aromatic heterocycles. The molecule has 14 heavy (non-hydrogen) atoms. The quantitative estimate of drug-likeness (QED) is 0.797. The fourth-order valence-electron chi connectivity index (χ4n) is 1.23. The first-order chi connectivity index (χ1) is 6.56. The first-order valence-corrected chi connectivity index (χ1v) is 6.80. The molecule has 1 nitrogen and oxygen atoms in total. The minimum Gasteiger partial charge on any atom is -0.306 e. The summed E-state index contributed by atoms with van der Waals surface area (Å²) in [4.78, 5) is 1.29. The van der Waals surface area contributed by atoms with Gasteiger partial charge in [-0.3, -0.25) is 0 Å². The molecular formula is C10H13Br2NS. The minimum absolute atomic E-state index is 0.271. The first-order valence-electron chi connectivity index (χ1n) is 4.39. The molecule has 0 aliphatic rings. The third-order valence-electron chi connectivity index (χ3n) is 1.85. The molecule has 0 fully saturated rings. The fourth-order valence-corrected chi connectivity index (χ4v) is 3.49. The summed E-state index contributed by atoms with van der Waals surface area (Å²) in [7, 11) is 0. The molecule has 1 unspecified atom stereocenters. The normalized spacial score (nSPS) is 12.9. The maximum Gasteiger partial charge on any atom is 0.0843 e. The van der Waals surface area contributed by atoms with Crippen LogP contribution in [-0.2, 0) is 0 Å². The SMILES string of the molecule is C=C(C)C(NCC)c1cc(Br)c(Br)s1. The zero-order chi connectivity index (χ0) is 10.7. The van der Waals surface area contributed by atoms with Gasteiger partial charge in [0.05, 0.1) is 9.83 Å². The van der Waals surface area contributed by atoms with Crippen molar-refractivity contribution >= 4 is 43.2 Å². The third kappa shape index (κ3) is 2.92. The second-order valence-corrected chi connectivity index (χ2v) is 6.36. The lowest BCUT2D eigenvalue weighted by Crippen LogP contribution is -2.20. The summed E-state index contributed by atoms with van der Waals surface area (Å²) in [5.41, 5.74) is 1.15. The summed E-state index contributed by atoms with van der Waals surface area (Å²) in [5, 5.41) is 3.41. The molecule has 1 aromatic rings. The van der Waals surface area contributed by atoms with E-state index in [1.165, 1.54) is 4.88 Å². The van der Waals surface area contributed by atoms with Gasteiger partial charge in [-0.1, -0.05) is 19.1 Å². The lowest BCUT2D eigenvalue weighted by molar-refractivity contribution is 0.630. The molecule has 0 bridgehead atoms. The van der Waals surface area contributed by atoms with E-state index in [-0.39, 0.29) is 6.04 Å². The molecule has 1 heterocycles. The average molecular weight is 339 g/mol. The molecule has 0 aliphatic carbocycles. The number of nitrogens with one attached hydrogen (secondary N) is 1. The van der Waals surface area contributed by atoms with E-state index in [1.807, 2.05) is 0 Å². The molecule has 0 aromatic carbocycles. The van der Waals surface area contributed by atoms with Crippen molar-refractivity contribution in [1.29, 1.82) is 0 Å². The number of hydrogen-bond donors (Lipinski definition) is 1. The van der Waals surface area contributed by atoms with E-state index in [0.717, 1.165) is 20.4 Å². The number of thiophene rings is 1. The number of halogens is 2. The van der Waals surface area contributed by atoms with Gasteiger partial charge in [-0.15, -0.1) is 11.3 Å². The van der Waals surface area contributed by atoms with Crippen LogP contribution in [0.4, 0.5) is 0 Å². The zero-order valence-electron chi connectivity index (χ0n) is 8.23. The van der Waals surface area contributed by atoms with Crippen molar-refractivity contribution in [3.8, 4) is 0 Å². The number of likely N-dealkylation sites (N-methyl/N-ethyl adjacent to an activating group) is 1. The number of rotatable bonds is 4. The second-order valence-electron chi connectivity index (χ2n) is 3.11. The van der Waals surface area contributed by atoms with E-state index in [0.29, 0.717) is 0 Å². The summed E-state index contributed by atoms with van der Waals surface area (Å²) in [5.74, 6) is 0. The largest absolute Gasteiger partial charge is 0.306 e. The Hall–Kier alpha value is 0.360. The molecule has 0 aliphatic heterocycles. The Morgan fingerprint density at radius 3 is 2.64 bits per heavy atom. The molecule has 1 atom stereocenters. The summed E-state index contributed by atoms with van der Waals surface area (Å²) < 4.78 is 2.25. The van der Waals surface area contributed by atoms with Crippen LogP contribution in [0.2, 0.25) is 0 Å². The fraction of sp³-hybridized carbons (Fsp3) is 0.400. The lowest BCUT2D eigenvalue weighted by atomic mass is 10.1. The van der Waals surface area contributed by atoms with Crippen LogP contribution in [0.3, 0.4) is 0 Å². The van der Waals surface area contributed by atoms with Crippen molar-refractivity contribution in [3.05, 3.63) is 31.4 Å². The van der Waals surface area contributed by atoms with Crippen molar-refractivity contribution < 1.29 is 0 Å². The van der Waals surface area contributed by atoms with Gasteiger partial charge in [-0.2, -0.15) is 0 Å². The number of hydrogen-bond acceptors (Lipinski definition) is 2. The van der Waals surface area contributed by atoms with Crippen LogP contribution in [0.25, 0.3) is 0 Å². The molecule has 0 spiro atoms.